The summed E-state index contributed by atoms with van der Waals surface area (Å²) in [6.07, 6.45) is 8.41. The van der Waals surface area contributed by atoms with Gasteiger partial charge in [0.15, 0.2) is 0 Å². The van der Waals surface area contributed by atoms with Crippen molar-refractivity contribution in [2.24, 2.45) is 5.41 Å². The number of alkyl halides is 2. The summed E-state index contributed by atoms with van der Waals surface area (Å²) in [7, 11) is 0. The molecule has 1 amide bonds. The van der Waals surface area contributed by atoms with Crippen molar-refractivity contribution in [1.82, 2.24) is 4.90 Å². The molecule has 1 aliphatic heterocycles. The van der Waals surface area contributed by atoms with Crippen LogP contribution in [0.25, 0.3) is 0 Å². The number of allylic oxidation sites excluding steroid dienone is 2. The van der Waals surface area contributed by atoms with Crippen molar-refractivity contribution in [3.8, 4) is 0 Å². The number of carbonyl (C=O) groups excluding carboxylic acids is 1. The molecule has 0 N–H and O–H groups in total. The molecule has 128 valence electrons. The summed E-state index contributed by atoms with van der Waals surface area (Å²) < 4.78 is -0.0973. The maximum absolute atomic E-state index is 12.7. The van der Waals surface area contributed by atoms with Crippen LogP contribution in [0.2, 0.25) is 4.82 Å². The Balaban J connectivity index is 1.82. The number of hydrogen-bond donors (Lipinski definition) is 0. The van der Waals surface area contributed by atoms with Crippen molar-refractivity contribution in [2.45, 2.75) is 35.5 Å². The summed E-state index contributed by atoms with van der Waals surface area (Å²) in [6.45, 7) is 6.53. The van der Waals surface area contributed by atoms with E-state index in [-0.39, 0.29) is 11.4 Å². The number of carbonyl (C=O) groups is 1. The zero-order chi connectivity index (χ0) is 17.6. The van der Waals surface area contributed by atoms with Crippen LogP contribution < -0.4 is 4.46 Å². The predicted molar refractivity (Wildman–Crippen MR) is 102 cm³/mol. The van der Waals surface area contributed by atoms with Crippen LogP contribution in [0.4, 0.5) is 0 Å². The molecule has 5 heteroatoms. The molecule has 1 aliphatic carbocycles. The summed E-state index contributed by atoms with van der Waals surface area (Å²) >= 11 is 13.4. The van der Waals surface area contributed by atoms with E-state index >= 15 is 0 Å². The van der Waals surface area contributed by atoms with Gasteiger partial charge in [0.1, 0.15) is 0 Å². The molecule has 2 aliphatic rings. The zero-order valence-corrected chi connectivity index (χ0v) is 17.2. The van der Waals surface area contributed by atoms with Crippen LogP contribution in [0.3, 0.4) is 0 Å². The van der Waals surface area contributed by atoms with Gasteiger partial charge in [-0.25, -0.2) is 0 Å². The average Bonchev–Trinajstić information content (AvgIpc) is 2.72. The molecule has 0 unspecified atom stereocenters. The van der Waals surface area contributed by atoms with Gasteiger partial charge < -0.3 is 0 Å². The second-order valence-electron chi connectivity index (χ2n) is 7.29. The number of rotatable bonds is 2. The molecule has 1 aromatic carbocycles. The van der Waals surface area contributed by atoms with Crippen LogP contribution in [-0.4, -0.2) is 42.2 Å². The molecule has 24 heavy (non-hydrogen) atoms. The number of amides is 1. The fourth-order valence-electron chi connectivity index (χ4n) is 3.05. The summed E-state index contributed by atoms with van der Waals surface area (Å²) in [5.74, 6) is -0.209. The van der Waals surface area contributed by atoms with Crippen molar-refractivity contribution < 1.29 is 4.79 Å². The van der Waals surface area contributed by atoms with E-state index in [0.29, 0.717) is 26.3 Å². The summed E-state index contributed by atoms with van der Waals surface area (Å²) in [5, 5.41) is 0. The fourth-order valence-corrected chi connectivity index (χ4v) is 5.60. The average molecular weight is 429 g/mol. The van der Waals surface area contributed by atoms with Crippen LogP contribution >= 0.6 is 23.2 Å². The standard InChI is InChI=1S/C19H21Cl2NOSe/c1-17(2,3)22-13-18(19(20,21)16(22)23)11-9-15(10-12-18)24-14-7-5-4-6-8-14/h4-12,15H,13H2,1-3H3. The predicted octanol–water partition coefficient (Wildman–Crippen LogP) is 3.73. The molecule has 2 nitrogen and oxygen atoms in total. The Morgan fingerprint density at radius 2 is 1.71 bits per heavy atom. The summed E-state index contributed by atoms with van der Waals surface area (Å²) in [4.78, 5) is 14.9. The van der Waals surface area contributed by atoms with Crippen LogP contribution in [0.5, 0.6) is 0 Å². The molecule has 0 atom stereocenters. The number of halogens is 2. The first-order chi connectivity index (χ1) is 11.2. The number of hydrogen-bond acceptors (Lipinski definition) is 1. The van der Waals surface area contributed by atoms with Gasteiger partial charge in [-0.05, 0) is 0 Å². The molecule has 1 spiro atoms. The van der Waals surface area contributed by atoms with Gasteiger partial charge in [0.25, 0.3) is 0 Å². The normalized spacial score (nSPS) is 28.8. The second-order valence-corrected chi connectivity index (χ2v) is 11.2. The first kappa shape index (κ1) is 18.1. The quantitative estimate of drug-likeness (QED) is 0.399. The number of likely N-dealkylation sites (tertiary alicyclic amines) is 1. The number of benzene rings is 1. The van der Waals surface area contributed by atoms with Crippen LogP contribution in [0.1, 0.15) is 20.8 Å². The molecule has 0 radical (unpaired) electrons. The van der Waals surface area contributed by atoms with Gasteiger partial charge >= 0.3 is 160 Å². The van der Waals surface area contributed by atoms with Crippen LogP contribution in [0.15, 0.2) is 54.6 Å². The van der Waals surface area contributed by atoms with Crippen molar-refractivity contribution in [3.63, 3.8) is 0 Å². The zero-order valence-electron chi connectivity index (χ0n) is 14.0. The van der Waals surface area contributed by atoms with E-state index in [1.165, 1.54) is 4.46 Å². The monoisotopic (exact) mass is 429 g/mol. The van der Waals surface area contributed by atoms with Gasteiger partial charge in [0, 0.05) is 0 Å². The Morgan fingerprint density at radius 3 is 2.21 bits per heavy atom. The Hall–Kier alpha value is -0.731. The Morgan fingerprint density at radius 1 is 1.12 bits per heavy atom. The molecule has 1 saturated heterocycles. The second kappa shape index (κ2) is 6.21. The molecule has 0 saturated carbocycles. The molecule has 0 aromatic heterocycles. The summed E-state index contributed by atoms with van der Waals surface area (Å²) in [5.41, 5.74) is -0.953. The topological polar surface area (TPSA) is 20.3 Å². The van der Waals surface area contributed by atoms with Crippen molar-refractivity contribution >= 4 is 48.5 Å². The van der Waals surface area contributed by atoms with Gasteiger partial charge in [0.05, 0.1) is 0 Å². The third kappa shape index (κ3) is 3.08. The van der Waals surface area contributed by atoms with E-state index < -0.39 is 9.75 Å². The first-order valence-electron chi connectivity index (χ1n) is 7.96. The van der Waals surface area contributed by atoms with Gasteiger partial charge in [-0.2, -0.15) is 0 Å². The minimum atomic E-state index is -1.45. The minimum absolute atomic E-state index is 0.209. The van der Waals surface area contributed by atoms with E-state index in [4.69, 9.17) is 23.2 Å². The van der Waals surface area contributed by atoms with Crippen LogP contribution in [0, 0.1) is 5.41 Å². The molecular formula is C19H21Cl2NOSe. The van der Waals surface area contributed by atoms with E-state index in [0.717, 1.165) is 0 Å². The third-order valence-electron chi connectivity index (χ3n) is 4.51. The Labute approximate surface area is 160 Å². The Kier molecular flexibility index (Phi) is 4.68. The maximum atomic E-state index is 12.7. The van der Waals surface area contributed by atoms with Crippen molar-refractivity contribution in [2.75, 3.05) is 6.54 Å². The van der Waals surface area contributed by atoms with Crippen molar-refractivity contribution in [1.29, 1.82) is 0 Å². The van der Waals surface area contributed by atoms with Crippen molar-refractivity contribution in [3.05, 3.63) is 54.6 Å². The van der Waals surface area contributed by atoms with Gasteiger partial charge in [-0.1, -0.05) is 0 Å². The fraction of sp³-hybridized carbons (Fsp3) is 0.421. The first-order valence-corrected chi connectivity index (χ1v) is 10.6. The van der Waals surface area contributed by atoms with Gasteiger partial charge in [-0.15, -0.1) is 0 Å². The summed E-state index contributed by atoms with van der Waals surface area (Å²) in [6, 6.07) is 10.5. The van der Waals surface area contributed by atoms with E-state index in [1.54, 1.807) is 4.90 Å². The third-order valence-corrected chi connectivity index (χ3v) is 7.91. The van der Waals surface area contributed by atoms with Gasteiger partial charge in [0.2, 0.25) is 0 Å². The molecule has 0 bridgehead atoms. The molecule has 1 aromatic rings. The van der Waals surface area contributed by atoms with E-state index in [1.807, 2.05) is 39.0 Å². The van der Waals surface area contributed by atoms with E-state index in [9.17, 15) is 4.79 Å². The molecule has 3 rings (SSSR count). The number of nitrogens with zero attached hydrogens (tertiary/aromatic N) is 1. The van der Waals surface area contributed by atoms with Crippen LogP contribution in [-0.2, 0) is 4.79 Å². The van der Waals surface area contributed by atoms with Gasteiger partial charge in [-0.3, -0.25) is 0 Å². The molecule has 1 heterocycles. The van der Waals surface area contributed by atoms with E-state index in [2.05, 4.69) is 36.4 Å². The molecular weight excluding hydrogens is 408 g/mol. The Bertz CT molecular complexity index is 677. The molecule has 1 fully saturated rings. The SMILES string of the molecule is CC(C)(C)N1CC2(C=CC([Se]c3ccccc3)C=C2)C(Cl)(Cl)C1=O.